The molecule has 0 saturated carbocycles. The van der Waals surface area contributed by atoms with Crippen molar-refractivity contribution in [1.29, 1.82) is 0 Å². The number of rotatable bonds is 41. The average molecular weight is 1590 g/mol. The van der Waals surface area contributed by atoms with Crippen LogP contribution in [0, 0.1) is 36.5 Å². The van der Waals surface area contributed by atoms with Gasteiger partial charge in [-0.3, -0.25) is 67.3 Å². The number of carboxylic acid groups (broad SMARTS) is 1. The molecule has 3 saturated heterocycles. The molecule has 3 aliphatic heterocycles. The number of aliphatic hydroxyl groups is 1. The van der Waals surface area contributed by atoms with Crippen molar-refractivity contribution in [2.45, 2.75) is 200 Å². The number of aliphatic carboxylic acids is 1. The van der Waals surface area contributed by atoms with E-state index in [4.69, 9.17) is 30.1 Å². The number of nitrogens with one attached hydrogen (secondary N) is 5. The SMILES string of the molecule is COc1ccc(C[C@H](NC(=O)[C@H](C)CC(=O)[C@H](CC(C)C)NC(=O)c2oc3c(OC)c(OC)ccc3c2C)C(=O)N2CCC[C@H]2C(=O)N[C@@H](CC(=O)O)C(=O)C[C@@H](C)C(=O)N[C@H](C(=O)N2C[C@H](O)C[C@H]2C(=O)N[C@@H](Cc2ccc(OS(=O)(=O)F)cc2)C(=O)C[C@@H](CCCN=C(N)N)C(=O)N2CCC[C@H]2C(C)=O)C(C)C)cc1. The molecule has 4 aromatic rings. The number of aliphatic hydroxyl groups excluding tert-OH is 1. The van der Waals surface area contributed by atoms with E-state index in [-0.39, 0.29) is 118 Å². The number of Topliss-reactive ketones (excluding diaryl/α,β-unsaturated/α-hetero) is 4. The predicted molar refractivity (Wildman–Crippen MR) is 404 cm³/mol. The van der Waals surface area contributed by atoms with Gasteiger partial charge < -0.3 is 85.8 Å². The number of carbonyl (C=O) groups is 13. The summed E-state index contributed by atoms with van der Waals surface area (Å²) < 4.78 is 62.6. The number of aryl methyl sites for hydroxylation is 1. The molecule has 0 unspecified atom stereocenters. The van der Waals surface area contributed by atoms with Crippen LogP contribution in [0.15, 0.2) is 70.1 Å². The number of hydrogen-bond donors (Lipinski definition) is 9. The van der Waals surface area contributed by atoms with Gasteiger partial charge >= 0.3 is 16.5 Å². The summed E-state index contributed by atoms with van der Waals surface area (Å²) in [6.07, 6.45) is -2.98. The third-order valence-corrected chi connectivity index (χ3v) is 20.7. The number of methoxy groups -OCH3 is 3. The molecule has 0 bridgehead atoms. The van der Waals surface area contributed by atoms with Gasteiger partial charge in [0, 0.05) is 87.0 Å². The number of nitrogens with zero attached hydrogens (tertiary/aromatic N) is 4. The van der Waals surface area contributed by atoms with Gasteiger partial charge in [0.25, 0.3) is 5.91 Å². The van der Waals surface area contributed by atoms with E-state index in [0.29, 0.717) is 40.9 Å². The number of ketones is 4. The van der Waals surface area contributed by atoms with Crippen molar-refractivity contribution < 1.29 is 108 Å². The second-order valence-electron chi connectivity index (χ2n) is 29.6. The van der Waals surface area contributed by atoms with Crippen molar-refractivity contribution in [1.82, 2.24) is 41.3 Å². The van der Waals surface area contributed by atoms with Gasteiger partial charge in [0.05, 0.1) is 58.0 Å². The van der Waals surface area contributed by atoms with Crippen LogP contribution in [-0.4, -0.2) is 218 Å². The Balaban J connectivity index is 1.03. The van der Waals surface area contributed by atoms with Crippen LogP contribution >= 0.6 is 0 Å². The van der Waals surface area contributed by atoms with Crippen molar-refractivity contribution in [2.75, 3.05) is 47.5 Å². The highest BCUT2D eigenvalue weighted by Crippen LogP contribution is 2.40. The number of fused-ring (bicyclic) bond motifs is 1. The summed E-state index contributed by atoms with van der Waals surface area (Å²) in [5.74, 6) is -14.0. The molecule has 33 nitrogen and oxygen atoms in total. The third-order valence-electron chi connectivity index (χ3n) is 20.3. The number of likely N-dealkylation sites (tertiary alicyclic amines) is 3. The first-order valence-corrected chi connectivity index (χ1v) is 38.6. The summed E-state index contributed by atoms with van der Waals surface area (Å²) >= 11 is 0. The minimum Gasteiger partial charge on any atom is -0.497 e. The zero-order valence-corrected chi connectivity index (χ0v) is 65.7. The third kappa shape index (κ3) is 24.0. The zero-order chi connectivity index (χ0) is 82.7. The van der Waals surface area contributed by atoms with Gasteiger partial charge in [-0.2, -0.15) is 8.42 Å². The molecule has 12 atom stereocenters. The van der Waals surface area contributed by atoms with E-state index in [9.17, 15) is 84.8 Å². The average Bonchev–Trinajstić information content (AvgIpc) is 1.63. The number of hydrogen-bond acceptors (Lipinski definition) is 22. The molecule has 4 heterocycles. The molecule has 3 aromatic carbocycles. The molecule has 1 aromatic heterocycles. The van der Waals surface area contributed by atoms with E-state index >= 15 is 0 Å². The predicted octanol–water partition coefficient (Wildman–Crippen LogP) is 3.41. The number of furan rings is 1. The topological polar surface area (TPSA) is 481 Å². The number of halogens is 1. The van der Waals surface area contributed by atoms with Crippen molar-refractivity contribution in [2.24, 2.45) is 46.0 Å². The fourth-order valence-corrected chi connectivity index (χ4v) is 14.7. The molecule has 3 fully saturated rings. The molecule has 35 heteroatoms. The van der Waals surface area contributed by atoms with E-state index in [2.05, 4.69) is 35.8 Å². The van der Waals surface area contributed by atoms with Gasteiger partial charge in [0.15, 0.2) is 46.2 Å². The standard InChI is InChI=1S/C77H104FN11O22S/c1-40(2)31-53(84-73(101)66-44(7)52-26-27-63(108-10)68(109-11)67(52)110-66)60(92)32-42(5)69(97)85-56(35-47-18-22-50(107-9)23-19-47)75(103)88-30-14-17-58(88)71(99)83-55(38-64(95)96)61(93)33-43(6)70(98)86-65(41(3)4)76(104)89-39-49(91)37-59(89)72(100)82-54(34-46-20-24-51(25-21-46)111-112(78,105)106)62(94)36-48(15-12-28-81-77(79)80)74(102)87-29-13-16-57(87)45(8)90/h18-27,40-43,48-49,53-59,65,91H,12-17,28-39H2,1-11H3,(H,82,100)(H,83,99)(H,84,101)(H,85,97)(H,86,98)(H,95,96)(H4,79,80,81)/t42-,43-,48-,49-,53+,54+,55+,56+,57+,58+,59+,65+/m1/s1. The molecule has 0 spiro atoms. The molecular weight excluding hydrogens is 1480 g/mol. The molecule has 0 radical (unpaired) electrons. The summed E-state index contributed by atoms with van der Waals surface area (Å²) in [5, 5.41) is 35.2. The van der Waals surface area contributed by atoms with Crippen LogP contribution in [0.25, 0.3) is 11.0 Å². The first-order chi connectivity index (χ1) is 52.8. The van der Waals surface area contributed by atoms with E-state index in [1.165, 1.54) is 64.0 Å². The lowest BCUT2D eigenvalue weighted by Gasteiger charge is -2.32. The quantitative estimate of drug-likeness (QED) is 0.0133. The van der Waals surface area contributed by atoms with Gasteiger partial charge in [-0.15, -0.1) is 0 Å². The minimum absolute atomic E-state index is 0.0135. The van der Waals surface area contributed by atoms with Crippen LogP contribution in [0.4, 0.5) is 3.89 Å². The lowest BCUT2D eigenvalue weighted by atomic mass is 9.90. The molecule has 3 aliphatic rings. The number of aliphatic imine (C=N–C) groups is 1. The van der Waals surface area contributed by atoms with Crippen molar-refractivity contribution in [3.05, 3.63) is 83.1 Å². The first-order valence-electron chi connectivity index (χ1n) is 37.3. The number of ether oxygens (including phenoxy) is 3. The highest BCUT2D eigenvalue weighted by atomic mass is 32.3. The Morgan fingerprint density at radius 3 is 1.74 bits per heavy atom. The van der Waals surface area contributed by atoms with Gasteiger partial charge in [0.2, 0.25) is 47.1 Å². The number of carboxylic acids is 1. The Kier molecular flexibility index (Phi) is 31.7. The van der Waals surface area contributed by atoms with Crippen LogP contribution in [0.3, 0.4) is 0 Å². The van der Waals surface area contributed by atoms with Gasteiger partial charge in [-0.05, 0) is 125 Å². The molecule has 0 aliphatic carbocycles. The Hall–Kier alpha value is -10.6. The molecule has 8 amide bonds. The van der Waals surface area contributed by atoms with Gasteiger partial charge in [-0.1, -0.05) is 69.7 Å². The summed E-state index contributed by atoms with van der Waals surface area (Å²) in [5.41, 5.74) is 12.7. The van der Waals surface area contributed by atoms with E-state index < -0.39 is 191 Å². The summed E-state index contributed by atoms with van der Waals surface area (Å²) in [4.78, 5) is 192. The van der Waals surface area contributed by atoms with Crippen molar-refractivity contribution in [3.8, 4) is 23.0 Å². The van der Waals surface area contributed by atoms with Gasteiger partial charge in [0.1, 0.15) is 35.7 Å². The molecule has 112 heavy (non-hydrogen) atoms. The van der Waals surface area contributed by atoms with E-state index in [1.54, 1.807) is 57.2 Å². The number of carbonyl (C=O) groups excluding carboxylic acids is 12. The number of amides is 8. The highest BCUT2D eigenvalue weighted by molar-refractivity contribution is 7.81. The molecular formula is C77H104FN11O22S. The Bertz CT molecular complexity index is 4260. The molecule has 11 N–H and O–H groups in total. The smallest absolute Gasteiger partial charge is 0.488 e. The van der Waals surface area contributed by atoms with Crippen LogP contribution in [0.2, 0.25) is 0 Å². The van der Waals surface area contributed by atoms with E-state index in [1.807, 2.05) is 13.8 Å². The van der Waals surface area contributed by atoms with Crippen molar-refractivity contribution in [3.63, 3.8) is 0 Å². The molecule has 7 rings (SSSR count). The normalized spacial score (nSPS) is 18.4. The Labute approximate surface area is 649 Å². The second-order valence-corrected chi connectivity index (χ2v) is 30.6. The maximum absolute atomic E-state index is 14.9. The molecule has 612 valence electrons. The lowest BCUT2D eigenvalue weighted by Crippen LogP contribution is -2.57. The second kappa shape index (κ2) is 40.1. The minimum atomic E-state index is -5.44. The fourth-order valence-electron chi connectivity index (χ4n) is 14.3. The zero-order valence-electron chi connectivity index (χ0n) is 64.9. The Morgan fingerprint density at radius 2 is 1.19 bits per heavy atom. The monoisotopic (exact) mass is 1590 g/mol. The van der Waals surface area contributed by atoms with Gasteiger partial charge in [-0.25, -0.2) is 0 Å². The Morgan fingerprint density at radius 1 is 0.634 bits per heavy atom. The van der Waals surface area contributed by atoms with Crippen LogP contribution in [0.5, 0.6) is 23.0 Å². The number of benzene rings is 3. The summed E-state index contributed by atoms with van der Waals surface area (Å²) in [7, 11) is -1.09. The maximum Gasteiger partial charge on any atom is 0.488 e. The summed E-state index contributed by atoms with van der Waals surface area (Å²) in [6, 6.07) is 4.09. The van der Waals surface area contributed by atoms with E-state index in [0.717, 1.165) is 17.0 Å². The van der Waals surface area contributed by atoms with Crippen LogP contribution in [0.1, 0.15) is 153 Å². The van der Waals surface area contributed by atoms with Crippen molar-refractivity contribution >= 4 is 104 Å². The fraction of sp³-hybridized carbons (Fsp3) is 0.558. The first kappa shape index (κ1) is 88.6. The number of β-amino-alcohol motifs (C(OH)–C–C–N with tert-alkyl or cyclic N) is 1. The number of nitrogens with two attached hydrogens (primary N) is 2. The highest BCUT2D eigenvalue weighted by Gasteiger charge is 2.46. The largest absolute Gasteiger partial charge is 0.497 e. The maximum atomic E-state index is 14.9. The summed E-state index contributed by atoms with van der Waals surface area (Å²) in [6.45, 7) is 12.5. The van der Waals surface area contributed by atoms with Crippen LogP contribution in [-0.2, 0) is 80.9 Å². The van der Waals surface area contributed by atoms with Crippen LogP contribution < -0.4 is 56.4 Å². The lowest BCUT2D eigenvalue weighted by molar-refractivity contribution is -0.144. The number of guanidine groups is 1.